The number of aryl methyl sites for hydroxylation is 1. The Kier molecular flexibility index (Phi) is 8.07. The second-order valence-electron chi connectivity index (χ2n) is 7.74. The number of anilines is 1. The maximum Gasteiger partial charge on any atom is 0.291 e. The lowest BCUT2D eigenvalue weighted by Crippen LogP contribution is -2.12. The van der Waals surface area contributed by atoms with Crippen molar-refractivity contribution in [2.45, 2.75) is 27.0 Å². The third-order valence-electron chi connectivity index (χ3n) is 5.26. The molecule has 0 saturated carbocycles. The van der Waals surface area contributed by atoms with E-state index < -0.39 is 5.91 Å². The van der Waals surface area contributed by atoms with Gasteiger partial charge in [-0.1, -0.05) is 70.1 Å². The number of carbonyl (C=O) groups is 1. The number of benzene rings is 2. The molecule has 0 atom stereocenters. The summed E-state index contributed by atoms with van der Waals surface area (Å²) in [6.45, 7) is 3.82. The van der Waals surface area contributed by atoms with Crippen LogP contribution in [0.4, 0.5) is 10.1 Å². The molecule has 36 heavy (non-hydrogen) atoms. The van der Waals surface area contributed by atoms with Crippen LogP contribution in [-0.2, 0) is 13.2 Å². The van der Waals surface area contributed by atoms with Gasteiger partial charge in [0.1, 0.15) is 28.2 Å². The van der Waals surface area contributed by atoms with Crippen molar-refractivity contribution in [3.05, 3.63) is 95.8 Å². The molecular formula is C24H17Cl5FN3O3. The molecule has 0 spiro atoms. The summed E-state index contributed by atoms with van der Waals surface area (Å²) in [6.07, 6.45) is 0. The number of aromatic nitrogens is 2. The van der Waals surface area contributed by atoms with Gasteiger partial charge in [0.25, 0.3) is 5.91 Å². The first-order chi connectivity index (χ1) is 17.1. The Morgan fingerprint density at radius 1 is 1.03 bits per heavy atom. The summed E-state index contributed by atoms with van der Waals surface area (Å²) in [7, 11) is 0. The standard InChI is InChI=1S/C24H17Cl5FN3O3/c1-11-22(12(2)33(32-11)9-13-4-3-5-14(30)8-13)31-24(34)16-7-6-15(36-16)10-35-23-20(28)18(26)17(25)19(27)21(23)29/h3-8H,9-10H2,1-2H3,(H,31,34). The van der Waals surface area contributed by atoms with E-state index >= 15 is 0 Å². The van der Waals surface area contributed by atoms with E-state index in [2.05, 4.69) is 10.4 Å². The van der Waals surface area contributed by atoms with Crippen molar-refractivity contribution >= 4 is 69.6 Å². The van der Waals surface area contributed by atoms with Gasteiger partial charge in [0, 0.05) is 0 Å². The smallest absolute Gasteiger partial charge is 0.291 e. The Hall–Kier alpha value is -2.42. The van der Waals surface area contributed by atoms with Gasteiger partial charge in [0.2, 0.25) is 0 Å². The highest BCUT2D eigenvalue weighted by Crippen LogP contribution is 2.48. The lowest BCUT2D eigenvalue weighted by Gasteiger charge is -2.12. The molecule has 0 saturated heterocycles. The van der Waals surface area contributed by atoms with Crippen LogP contribution in [0.1, 0.15) is 33.3 Å². The summed E-state index contributed by atoms with van der Waals surface area (Å²) in [6, 6.07) is 9.32. The fourth-order valence-electron chi connectivity index (χ4n) is 3.45. The number of carbonyl (C=O) groups excluding carboxylic acids is 1. The highest BCUT2D eigenvalue weighted by molar-refractivity contribution is 6.55. The molecule has 1 N–H and O–H groups in total. The lowest BCUT2D eigenvalue weighted by molar-refractivity contribution is 0.0992. The SMILES string of the molecule is Cc1nn(Cc2cccc(F)c2)c(C)c1NC(=O)c1ccc(COc2c(Cl)c(Cl)c(Cl)c(Cl)c2Cl)o1. The van der Waals surface area contributed by atoms with Crippen LogP contribution >= 0.6 is 58.0 Å². The van der Waals surface area contributed by atoms with Crippen molar-refractivity contribution in [1.82, 2.24) is 9.78 Å². The summed E-state index contributed by atoms with van der Waals surface area (Å²) in [4.78, 5) is 12.8. The largest absolute Gasteiger partial charge is 0.482 e. The quantitative estimate of drug-likeness (QED) is 0.173. The molecule has 0 aliphatic rings. The molecule has 0 fully saturated rings. The first kappa shape index (κ1) is 26.6. The van der Waals surface area contributed by atoms with E-state index in [4.69, 9.17) is 67.2 Å². The van der Waals surface area contributed by atoms with Crippen molar-refractivity contribution in [2.24, 2.45) is 0 Å². The zero-order valence-corrected chi connectivity index (χ0v) is 22.5. The summed E-state index contributed by atoms with van der Waals surface area (Å²) in [5.74, 6) is -0.394. The van der Waals surface area contributed by atoms with Gasteiger partial charge in [0.15, 0.2) is 11.5 Å². The number of rotatable bonds is 7. The monoisotopic (exact) mass is 589 g/mol. The normalized spacial score (nSPS) is 11.1. The molecule has 2 aromatic carbocycles. The molecule has 0 bridgehead atoms. The van der Waals surface area contributed by atoms with Crippen LogP contribution in [0.5, 0.6) is 5.75 Å². The maximum absolute atomic E-state index is 13.5. The van der Waals surface area contributed by atoms with Gasteiger partial charge in [-0.2, -0.15) is 5.10 Å². The van der Waals surface area contributed by atoms with E-state index in [1.165, 1.54) is 18.2 Å². The van der Waals surface area contributed by atoms with Crippen LogP contribution in [0.25, 0.3) is 0 Å². The lowest BCUT2D eigenvalue weighted by atomic mass is 10.2. The predicted octanol–water partition coefficient (Wildman–Crippen LogP) is 8.38. The Morgan fingerprint density at radius 3 is 2.36 bits per heavy atom. The molecule has 4 aromatic rings. The number of ether oxygens (including phenoxy) is 1. The first-order valence-corrected chi connectivity index (χ1v) is 12.3. The Balaban J connectivity index is 1.46. The highest BCUT2D eigenvalue weighted by Gasteiger charge is 2.22. The van der Waals surface area contributed by atoms with E-state index in [1.54, 1.807) is 29.8 Å². The third-order valence-corrected chi connectivity index (χ3v) is 7.50. The van der Waals surface area contributed by atoms with Crippen molar-refractivity contribution in [3.8, 4) is 5.75 Å². The fourth-order valence-corrected chi connectivity index (χ4v) is 4.68. The topological polar surface area (TPSA) is 69.3 Å². The average Bonchev–Trinajstić information content (AvgIpc) is 3.42. The number of halogens is 6. The van der Waals surface area contributed by atoms with Crippen LogP contribution in [-0.4, -0.2) is 15.7 Å². The van der Waals surface area contributed by atoms with Gasteiger partial charge >= 0.3 is 0 Å². The van der Waals surface area contributed by atoms with E-state index in [0.29, 0.717) is 29.4 Å². The van der Waals surface area contributed by atoms with Gasteiger partial charge in [-0.05, 0) is 43.7 Å². The van der Waals surface area contributed by atoms with Gasteiger partial charge in [-0.15, -0.1) is 0 Å². The fraction of sp³-hybridized carbons (Fsp3) is 0.167. The van der Waals surface area contributed by atoms with E-state index in [-0.39, 0.29) is 49.0 Å². The van der Waals surface area contributed by atoms with Crippen LogP contribution in [0.15, 0.2) is 40.8 Å². The summed E-state index contributed by atoms with van der Waals surface area (Å²) in [5.41, 5.74) is 2.60. The predicted molar refractivity (Wildman–Crippen MR) is 140 cm³/mol. The molecule has 0 aliphatic carbocycles. The van der Waals surface area contributed by atoms with Crippen LogP contribution in [0, 0.1) is 19.7 Å². The van der Waals surface area contributed by atoms with Gasteiger partial charge in [-0.3, -0.25) is 9.48 Å². The van der Waals surface area contributed by atoms with Crippen molar-refractivity contribution < 1.29 is 18.3 Å². The number of hydrogen-bond donors (Lipinski definition) is 1. The molecule has 188 valence electrons. The van der Waals surface area contributed by atoms with Gasteiger partial charge in [-0.25, -0.2) is 4.39 Å². The third kappa shape index (κ3) is 5.45. The number of furan rings is 1. The van der Waals surface area contributed by atoms with Crippen LogP contribution in [0.2, 0.25) is 25.1 Å². The van der Waals surface area contributed by atoms with Crippen LogP contribution in [0.3, 0.4) is 0 Å². The summed E-state index contributed by atoms with van der Waals surface area (Å²) in [5, 5.41) is 7.31. The molecule has 0 aliphatic heterocycles. The summed E-state index contributed by atoms with van der Waals surface area (Å²) < 4.78 is 26.5. The molecular weight excluding hydrogens is 575 g/mol. The van der Waals surface area contributed by atoms with Crippen LogP contribution < -0.4 is 10.1 Å². The number of nitrogens with one attached hydrogen (secondary N) is 1. The van der Waals surface area contributed by atoms with Gasteiger partial charge < -0.3 is 14.5 Å². The Bertz CT molecular complexity index is 1440. The van der Waals surface area contributed by atoms with E-state index in [0.717, 1.165) is 5.56 Å². The zero-order chi connectivity index (χ0) is 26.1. The second kappa shape index (κ2) is 10.9. The minimum Gasteiger partial charge on any atom is -0.482 e. The van der Waals surface area contributed by atoms with Gasteiger partial charge in [0.05, 0.1) is 38.7 Å². The molecule has 0 unspecified atom stereocenters. The highest BCUT2D eigenvalue weighted by atomic mass is 35.5. The Labute approximate surface area is 230 Å². The molecule has 12 heteroatoms. The first-order valence-electron chi connectivity index (χ1n) is 10.4. The Morgan fingerprint density at radius 2 is 1.69 bits per heavy atom. The average molecular weight is 592 g/mol. The zero-order valence-electron chi connectivity index (χ0n) is 18.8. The van der Waals surface area contributed by atoms with Crippen molar-refractivity contribution in [2.75, 3.05) is 5.32 Å². The van der Waals surface area contributed by atoms with E-state index in [9.17, 15) is 9.18 Å². The molecule has 1 amide bonds. The number of hydrogen-bond acceptors (Lipinski definition) is 4. The minimum atomic E-state index is -0.480. The maximum atomic E-state index is 13.5. The number of amides is 1. The molecule has 6 nitrogen and oxygen atoms in total. The second-order valence-corrected chi connectivity index (χ2v) is 9.63. The number of nitrogens with zero attached hydrogens (tertiary/aromatic N) is 2. The molecule has 0 radical (unpaired) electrons. The van der Waals surface area contributed by atoms with E-state index in [1.807, 2.05) is 6.92 Å². The molecule has 2 aromatic heterocycles. The minimum absolute atomic E-state index is 0.00166. The molecule has 2 heterocycles. The van der Waals surface area contributed by atoms with Crippen molar-refractivity contribution in [1.29, 1.82) is 0 Å². The van der Waals surface area contributed by atoms with Crippen molar-refractivity contribution in [3.63, 3.8) is 0 Å². The summed E-state index contributed by atoms with van der Waals surface area (Å²) >= 11 is 30.4. The molecule has 4 rings (SSSR count).